The SMILES string of the molecule is CC1CCC(N2CC(C(=O)O)C2)CC1C. The molecule has 3 heteroatoms. The molecule has 0 aromatic heterocycles. The Balaban J connectivity index is 1.80. The average molecular weight is 211 g/mol. The molecule has 3 unspecified atom stereocenters. The molecule has 2 aliphatic rings. The Kier molecular flexibility index (Phi) is 3.01. The Morgan fingerprint density at radius 3 is 2.40 bits per heavy atom. The van der Waals surface area contributed by atoms with Crippen LogP contribution in [0.2, 0.25) is 0 Å². The maximum Gasteiger partial charge on any atom is 0.309 e. The molecule has 0 amide bonds. The summed E-state index contributed by atoms with van der Waals surface area (Å²) < 4.78 is 0. The van der Waals surface area contributed by atoms with Crippen LogP contribution in [-0.2, 0) is 4.79 Å². The van der Waals surface area contributed by atoms with Crippen molar-refractivity contribution in [1.82, 2.24) is 4.90 Å². The summed E-state index contributed by atoms with van der Waals surface area (Å²) in [7, 11) is 0. The van der Waals surface area contributed by atoms with Gasteiger partial charge in [0.05, 0.1) is 5.92 Å². The molecular formula is C12H21NO2. The monoisotopic (exact) mass is 211 g/mol. The van der Waals surface area contributed by atoms with Gasteiger partial charge in [0.25, 0.3) is 0 Å². The molecule has 0 bridgehead atoms. The van der Waals surface area contributed by atoms with Crippen molar-refractivity contribution in [2.75, 3.05) is 13.1 Å². The van der Waals surface area contributed by atoms with Gasteiger partial charge >= 0.3 is 5.97 Å². The van der Waals surface area contributed by atoms with Crippen LogP contribution in [0.4, 0.5) is 0 Å². The van der Waals surface area contributed by atoms with Crippen molar-refractivity contribution in [2.45, 2.75) is 39.2 Å². The highest BCUT2D eigenvalue weighted by Gasteiger charge is 2.38. The van der Waals surface area contributed by atoms with Crippen molar-refractivity contribution in [3.63, 3.8) is 0 Å². The van der Waals surface area contributed by atoms with E-state index < -0.39 is 5.97 Å². The van der Waals surface area contributed by atoms with Gasteiger partial charge in [0.2, 0.25) is 0 Å². The van der Waals surface area contributed by atoms with Crippen LogP contribution in [0.25, 0.3) is 0 Å². The first-order valence-electron chi connectivity index (χ1n) is 6.04. The van der Waals surface area contributed by atoms with E-state index in [9.17, 15) is 4.79 Å². The van der Waals surface area contributed by atoms with Crippen LogP contribution in [0.15, 0.2) is 0 Å². The van der Waals surface area contributed by atoms with Gasteiger partial charge in [-0.1, -0.05) is 13.8 Å². The summed E-state index contributed by atoms with van der Waals surface area (Å²) >= 11 is 0. The minimum absolute atomic E-state index is 0.0975. The molecule has 3 atom stereocenters. The second-order valence-corrected chi connectivity index (χ2v) is 5.41. The fraction of sp³-hybridized carbons (Fsp3) is 0.917. The summed E-state index contributed by atoms with van der Waals surface area (Å²) in [6, 6.07) is 0.659. The van der Waals surface area contributed by atoms with Crippen LogP contribution >= 0.6 is 0 Å². The number of rotatable bonds is 2. The largest absolute Gasteiger partial charge is 0.481 e. The van der Waals surface area contributed by atoms with E-state index in [2.05, 4.69) is 18.7 Å². The third kappa shape index (κ3) is 2.17. The molecule has 1 saturated heterocycles. The van der Waals surface area contributed by atoms with Crippen LogP contribution in [0.1, 0.15) is 33.1 Å². The molecule has 3 nitrogen and oxygen atoms in total. The highest BCUT2D eigenvalue weighted by atomic mass is 16.4. The molecule has 1 N–H and O–H groups in total. The Hall–Kier alpha value is -0.570. The van der Waals surface area contributed by atoms with Crippen molar-refractivity contribution in [3.8, 4) is 0 Å². The van der Waals surface area contributed by atoms with Gasteiger partial charge < -0.3 is 5.11 Å². The topological polar surface area (TPSA) is 40.5 Å². The first-order valence-corrected chi connectivity index (χ1v) is 6.04. The number of hydrogen-bond donors (Lipinski definition) is 1. The summed E-state index contributed by atoms with van der Waals surface area (Å²) in [5.41, 5.74) is 0. The fourth-order valence-electron chi connectivity index (χ4n) is 2.82. The summed E-state index contributed by atoms with van der Waals surface area (Å²) in [5.74, 6) is 0.925. The van der Waals surface area contributed by atoms with Crippen LogP contribution in [0, 0.1) is 17.8 Å². The van der Waals surface area contributed by atoms with Gasteiger partial charge in [-0.2, -0.15) is 0 Å². The van der Waals surface area contributed by atoms with Gasteiger partial charge in [0.15, 0.2) is 0 Å². The summed E-state index contributed by atoms with van der Waals surface area (Å²) in [6.45, 7) is 6.21. The normalized spacial score (nSPS) is 38.7. The third-order valence-electron chi connectivity index (χ3n) is 4.35. The van der Waals surface area contributed by atoms with E-state index in [0.29, 0.717) is 6.04 Å². The fourth-order valence-corrected chi connectivity index (χ4v) is 2.82. The number of hydrogen-bond acceptors (Lipinski definition) is 2. The van der Waals surface area contributed by atoms with Crippen LogP contribution < -0.4 is 0 Å². The van der Waals surface area contributed by atoms with Crippen molar-refractivity contribution in [3.05, 3.63) is 0 Å². The molecule has 0 aromatic carbocycles. The molecule has 0 radical (unpaired) electrons. The first-order chi connectivity index (χ1) is 7.08. The standard InChI is InChI=1S/C12H21NO2/c1-8-3-4-11(5-9(8)2)13-6-10(7-13)12(14)15/h8-11H,3-7H2,1-2H3,(H,14,15). The van der Waals surface area contributed by atoms with E-state index >= 15 is 0 Å². The number of carboxylic acid groups (broad SMARTS) is 1. The highest BCUT2D eigenvalue weighted by molar-refractivity contribution is 5.71. The Morgan fingerprint density at radius 2 is 1.87 bits per heavy atom. The molecule has 1 heterocycles. The molecule has 0 spiro atoms. The van der Waals surface area contributed by atoms with Crippen LogP contribution in [-0.4, -0.2) is 35.1 Å². The lowest BCUT2D eigenvalue weighted by atomic mass is 9.77. The Labute approximate surface area is 91.5 Å². The van der Waals surface area contributed by atoms with E-state index in [-0.39, 0.29) is 5.92 Å². The van der Waals surface area contributed by atoms with Gasteiger partial charge in [-0.25, -0.2) is 0 Å². The molecular weight excluding hydrogens is 190 g/mol. The molecule has 1 aliphatic carbocycles. The number of carboxylic acids is 1. The van der Waals surface area contributed by atoms with Crippen LogP contribution in [0.5, 0.6) is 0 Å². The molecule has 1 saturated carbocycles. The van der Waals surface area contributed by atoms with E-state index in [1.54, 1.807) is 0 Å². The molecule has 2 fully saturated rings. The van der Waals surface area contributed by atoms with Crippen LogP contribution in [0.3, 0.4) is 0 Å². The summed E-state index contributed by atoms with van der Waals surface area (Å²) in [4.78, 5) is 13.1. The predicted molar refractivity (Wildman–Crippen MR) is 58.7 cm³/mol. The molecule has 2 rings (SSSR count). The molecule has 86 valence electrons. The third-order valence-corrected chi connectivity index (χ3v) is 4.35. The highest BCUT2D eigenvalue weighted by Crippen LogP contribution is 2.34. The predicted octanol–water partition coefficient (Wildman–Crippen LogP) is 1.83. The smallest absolute Gasteiger partial charge is 0.309 e. The summed E-state index contributed by atoms with van der Waals surface area (Å²) in [5, 5.41) is 8.82. The maximum absolute atomic E-state index is 10.7. The second kappa shape index (κ2) is 4.12. The van der Waals surface area contributed by atoms with Gasteiger partial charge in [0.1, 0.15) is 0 Å². The number of aliphatic carboxylic acids is 1. The minimum atomic E-state index is -0.622. The van der Waals surface area contributed by atoms with Crippen molar-refractivity contribution in [2.24, 2.45) is 17.8 Å². The van der Waals surface area contributed by atoms with Gasteiger partial charge in [-0.3, -0.25) is 9.69 Å². The maximum atomic E-state index is 10.7. The molecule has 15 heavy (non-hydrogen) atoms. The number of likely N-dealkylation sites (tertiary alicyclic amines) is 1. The van der Waals surface area contributed by atoms with Gasteiger partial charge in [-0.05, 0) is 31.1 Å². The Bertz CT molecular complexity index is 248. The van der Waals surface area contributed by atoms with Crippen molar-refractivity contribution < 1.29 is 9.90 Å². The van der Waals surface area contributed by atoms with Gasteiger partial charge in [0, 0.05) is 19.1 Å². The second-order valence-electron chi connectivity index (χ2n) is 5.41. The quantitative estimate of drug-likeness (QED) is 0.757. The van der Waals surface area contributed by atoms with E-state index in [1.807, 2.05) is 0 Å². The van der Waals surface area contributed by atoms with E-state index in [0.717, 1.165) is 24.9 Å². The lowest BCUT2D eigenvalue weighted by molar-refractivity contribution is -0.149. The van der Waals surface area contributed by atoms with E-state index in [4.69, 9.17) is 5.11 Å². The summed E-state index contributed by atoms with van der Waals surface area (Å²) in [6.07, 6.45) is 3.82. The number of carbonyl (C=O) groups is 1. The lowest BCUT2D eigenvalue weighted by Gasteiger charge is -2.46. The van der Waals surface area contributed by atoms with Crippen molar-refractivity contribution in [1.29, 1.82) is 0 Å². The van der Waals surface area contributed by atoms with Crippen molar-refractivity contribution >= 4 is 5.97 Å². The van der Waals surface area contributed by atoms with Gasteiger partial charge in [-0.15, -0.1) is 0 Å². The zero-order valence-corrected chi connectivity index (χ0v) is 9.65. The zero-order valence-electron chi connectivity index (χ0n) is 9.65. The zero-order chi connectivity index (χ0) is 11.0. The molecule has 0 aromatic rings. The molecule has 1 aliphatic heterocycles. The number of nitrogens with zero attached hydrogens (tertiary/aromatic N) is 1. The lowest BCUT2D eigenvalue weighted by Crippen LogP contribution is -2.56. The van der Waals surface area contributed by atoms with E-state index in [1.165, 1.54) is 19.3 Å². The Morgan fingerprint density at radius 1 is 1.20 bits per heavy atom. The minimum Gasteiger partial charge on any atom is -0.481 e. The first kappa shape index (κ1) is 10.9. The average Bonchev–Trinajstić information content (AvgIpc) is 2.08.